The first-order valence-electron chi connectivity index (χ1n) is 12.0. The van der Waals surface area contributed by atoms with Crippen LogP contribution in [-0.2, 0) is 25.4 Å². The van der Waals surface area contributed by atoms with Crippen LogP contribution in [0.4, 0.5) is 0 Å². The molecule has 0 amide bonds. The van der Waals surface area contributed by atoms with Crippen LogP contribution in [0.3, 0.4) is 0 Å². The van der Waals surface area contributed by atoms with Gasteiger partial charge in [-0.25, -0.2) is 4.79 Å². The number of phenols is 1. The van der Waals surface area contributed by atoms with Gasteiger partial charge in [-0.05, 0) is 54.8 Å². The van der Waals surface area contributed by atoms with Gasteiger partial charge in [0, 0.05) is 18.9 Å². The fourth-order valence-electron chi connectivity index (χ4n) is 4.27. The first kappa shape index (κ1) is 27.6. The number of methoxy groups -OCH3 is 1. The quantitative estimate of drug-likeness (QED) is 0.222. The Morgan fingerprint density at radius 1 is 1.03 bits per heavy atom. The van der Waals surface area contributed by atoms with Crippen molar-refractivity contribution in [3.8, 4) is 11.5 Å². The largest absolute Gasteiger partial charge is 0.507 e. The molecule has 0 spiro atoms. The van der Waals surface area contributed by atoms with Gasteiger partial charge in [-0.15, -0.1) is 0 Å². The van der Waals surface area contributed by atoms with Gasteiger partial charge in [0.15, 0.2) is 5.78 Å². The van der Waals surface area contributed by atoms with E-state index in [0.717, 1.165) is 16.5 Å². The molecular formula is C27H30O11. The molecule has 38 heavy (non-hydrogen) atoms. The van der Waals surface area contributed by atoms with Crippen LogP contribution in [0.15, 0.2) is 47.1 Å². The summed E-state index contributed by atoms with van der Waals surface area (Å²) in [5.41, 5.74) is 2.09. The molecule has 2 heterocycles. The molecule has 3 aromatic rings. The maximum Gasteiger partial charge on any atom is 0.332 e. The Balaban J connectivity index is 1.50. The summed E-state index contributed by atoms with van der Waals surface area (Å²) in [5, 5.41) is 42.6. The minimum absolute atomic E-state index is 0.0455. The molecule has 204 valence electrons. The van der Waals surface area contributed by atoms with Crippen LogP contribution in [0.5, 0.6) is 11.5 Å². The Kier molecular flexibility index (Phi) is 8.65. The summed E-state index contributed by atoms with van der Waals surface area (Å²) in [5.74, 6) is -1.52. The van der Waals surface area contributed by atoms with E-state index in [2.05, 4.69) is 4.74 Å². The summed E-state index contributed by atoms with van der Waals surface area (Å²) in [6, 6.07) is 10.3. The second-order valence-electron chi connectivity index (χ2n) is 9.12. The smallest absolute Gasteiger partial charge is 0.332 e. The predicted octanol–water partition coefficient (Wildman–Crippen LogP) is 1.64. The van der Waals surface area contributed by atoms with Gasteiger partial charge in [0.2, 0.25) is 6.29 Å². The van der Waals surface area contributed by atoms with E-state index in [-0.39, 0.29) is 30.1 Å². The molecule has 4 rings (SSSR count). The van der Waals surface area contributed by atoms with Crippen molar-refractivity contribution in [1.29, 1.82) is 0 Å². The molecule has 1 aliphatic rings. The lowest BCUT2D eigenvalue weighted by Gasteiger charge is -2.40. The molecule has 11 heteroatoms. The molecule has 1 fully saturated rings. The molecule has 1 aliphatic heterocycles. The number of phenolic OH excluding ortho intramolecular Hbond substituents is 1. The summed E-state index contributed by atoms with van der Waals surface area (Å²) in [7, 11) is 1.31. The lowest BCUT2D eigenvalue weighted by Crippen LogP contribution is -2.60. The van der Waals surface area contributed by atoms with Gasteiger partial charge >= 0.3 is 5.97 Å². The van der Waals surface area contributed by atoms with Crippen LogP contribution in [0, 0.1) is 6.92 Å². The Bertz CT molecular complexity index is 1280. The zero-order chi connectivity index (χ0) is 27.4. The van der Waals surface area contributed by atoms with Crippen molar-refractivity contribution >= 4 is 22.7 Å². The lowest BCUT2D eigenvalue weighted by molar-refractivity contribution is -0.278. The van der Waals surface area contributed by atoms with Crippen LogP contribution >= 0.6 is 0 Å². The number of aliphatic hydroxyl groups excluding tert-OH is 3. The van der Waals surface area contributed by atoms with E-state index in [4.69, 9.17) is 18.6 Å². The first-order chi connectivity index (χ1) is 18.2. The molecule has 1 aromatic heterocycles. The maximum atomic E-state index is 13.2. The van der Waals surface area contributed by atoms with Crippen LogP contribution < -0.4 is 4.74 Å². The second kappa shape index (κ2) is 11.9. The van der Waals surface area contributed by atoms with E-state index < -0.39 is 49.1 Å². The Hall–Kier alpha value is -3.48. The number of hydrogen-bond acceptors (Lipinski definition) is 11. The number of benzene rings is 2. The van der Waals surface area contributed by atoms with E-state index in [1.165, 1.54) is 19.2 Å². The average Bonchev–Trinajstić information content (AvgIpc) is 3.35. The van der Waals surface area contributed by atoms with Gasteiger partial charge in [-0.1, -0.05) is 6.07 Å². The summed E-state index contributed by atoms with van der Waals surface area (Å²) in [4.78, 5) is 24.8. The highest BCUT2D eigenvalue weighted by molar-refractivity contribution is 6.01. The zero-order valence-corrected chi connectivity index (χ0v) is 20.9. The number of aromatic hydroxyl groups is 1. The number of ether oxygens (including phenoxy) is 4. The normalized spacial score (nSPS) is 23.3. The van der Waals surface area contributed by atoms with E-state index in [1.54, 1.807) is 13.2 Å². The number of ketones is 1. The number of carbonyl (C=O) groups is 2. The lowest BCUT2D eigenvalue weighted by atomic mass is 9.98. The van der Waals surface area contributed by atoms with Crippen molar-refractivity contribution in [2.24, 2.45) is 0 Å². The van der Waals surface area contributed by atoms with E-state index in [0.29, 0.717) is 12.0 Å². The third kappa shape index (κ3) is 6.14. The first-order valence-corrected chi connectivity index (χ1v) is 12.0. The standard InChI is InChI=1S/C27H30O11/c1-14-9-18(29)23(17(28)5-3-15-4-6-19-16(11-15)7-8-35-19)20(10-14)37-27-26(33)25(32)24(31)21(38-27)12-36-22(30)13-34-2/h4,6-11,21,24-27,29,31-33H,3,5,12-13H2,1-2H3/t21-,24-,25+,26-,27-/m1/s1. The number of aryl methyl sites for hydroxylation is 2. The van der Waals surface area contributed by atoms with Crippen molar-refractivity contribution in [2.45, 2.75) is 50.5 Å². The molecular weight excluding hydrogens is 500 g/mol. The van der Waals surface area contributed by atoms with E-state index in [1.807, 2.05) is 24.3 Å². The fraction of sp³-hybridized carbons (Fsp3) is 0.407. The summed E-state index contributed by atoms with van der Waals surface area (Å²) in [6.45, 7) is 0.909. The molecule has 1 saturated heterocycles. The molecule has 0 saturated carbocycles. The number of rotatable bonds is 10. The summed E-state index contributed by atoms with van der Waals surface area (Å²) in [6.07, 6.45) is -5.76. The van der Waals surface area contributed by atoms with Gasteiger partial charge in [0.1, 0.15) is 60.3 Å². The van der Waals surface area contributed by atoms with Gasteiger partial charge in [0.05, 0.1) is 6.26 Å². The number of aliphatic hydroxyl groups is 3. The monoisotopic (exact) mass is 530 g/mol. The topological polar surface area (TPSA) is 165 Å². The van der Waals surface area contributed by atoms with Crippen molar-refractivity contribution in [1.82, 2.24) is 0 Å². The number of Topliss-reactive ketones (excluding diaryl/α,β-unsaturated/α-hetero) is 1. The second-order valence-corrected chi connectivity index (χ2v) is 9.12. The SMILES string of the molecule is COCC(=O)OC[C@H]1O[C@@H](Oc2cc(C)cc(O)c2C(=O)CCc2ccc3occc3c2)[C@H](O)[C@@H](O)[C@@H]1O. The molecule has 5 atom stereocenters. The molecule has 0 radical (unpaired) electrons. The maximum absolute atomic E-state index is 13.2. The van der Waals surface area contributed by atoms with Crippen LogP contribution in [0.1, 0.15) is 27.9 Å². The number of hydrogen-bond donors (Lipinski definition) is 4. The number of carbonyl (C=O) groups excluding carboxylic acids is 2. The van der Waals surface area contributed by atoms with Crippen LogP contribution in [0.25, 0.3) is 11.0 Å². The van der Waals surface area contributed by atoms with Crippen LogP contribution in [-0.4, -0.2) is 83.2 Å². The highest BCUT2D eigenvalue weighted by atomic mass is 16.7. The highest BCUT2D eigenvalue weighted by Crippen LogP contribution is 2.34. The zero-order valence-electron chi connectivity index (χ0n) is 20.9. The van der Waals surface area contributed by atoms with Crippen molar-refractivity contribution in [3.05, 3.63) is 59.4 Å². The van der Waals surface area contributed by atoms with E-state index in [9.17, 15) is 30.0 Å². The summed E-state index contributed by atoms with van der Waals surface area (Å²) >= 11 is 0. The third-order valence-corrected chi connectivity index (χ3v) is 6.24. The van der Waals surface area contributed by atoms with Gasteiger partial charge in [0.25, 0.3) is 0 Å². The molecule has 0 unspecified atom stereocenters. The van der Waals surface area contributed by atoms with Gasteiger partial charge in [-0.3, -0.25) is 4.79 Å². The molecule has 11 nitrogen and oxygen atoms in total. The Labute approximate surface area is 218 Å². The number of esters is 1. The minimum atomic E-state index is -1.71. The molecule has 2 aromatic carbocycles. The molecule has 4 N–H and O–H groups in total. The average molecular weight is 531 g/mol. The number of fused-ring (bicyclic) bond motifs is 1. The fourth-order valence-corrected chi connectivity index (χ4v) is 4.27. The van der Waals surface area contributed by atoms with Gasteiger partial charge < -0.3 is 43.8 Å². The number of furan rings is 1. The van der Waals surface area contributed by atoms with Crippen LogP contribution in [0.2, 0.25) is 0 Å². The van der Waals surface area contributed by atoms with Crippen molar-refractivity contribution < 1.29 is 53.4 Å². The minimum Gasteiger partial charge on any atom is -0.507 e. The van der Waals surface area contributed by atoms with E-state index >= 15 is 0 Å². The predicted molar refractivity (Wildman–Crippen MR) is 132 cm³/mol. The third-order valence-electron chi connectivity index (χ3n) is 6.24. The van der Waals surface area contributed by atoms with Gasteiger partial charge in [-0.2, -0.15) is 0 Å². The van der Waals surface area contributed by atoms with Crippen molar-refractivity contribution in [3.63, 3.8) is 0 Å². The highest BCUT2D eigenvalue weighted by Gasteiger charge is 2.46. The molecule has 0 aliphatic carbocycles. The molecule has 0 bridgehead atoms. The Morgan fingerprint density at radius 2 is 1.82 bits per heavy atom. The van der Waals surface area contributed by atoms with Crippen molar-refractivity contribution in [2.75, 3.05) is 20.3 Å². The Morgan fingerprint density at radius 3 is 2.58 bits per heavy atom. The summed E-state index contributed by atoms with van der Waals surface area (Å²) < 4.78 is 26.4.